The van der Waals surface area contributed by atoms with Gasteiger partial charge in [0.25, 0.3) is 0 Å². The van der Waals surface area contributed by atoms with Gasteiger partial charge in [-0.05, 0) is 19.3 Å². The molecule has 1 aromatic heterocycles. The van der Waals surface area contributed by atoms with Crippen LogP contribution in [0.2, 0.25) is 0 Å². The zero-order valence-corrected chi connectivity index (χ0v) is 10.5. The van der Waals surface area contributed by atoms with Crippen LogP contribution < -0.4 is 10.6 Å². The summed E-state index contributed by atoms with van der Waals surface area (Å²) in [5, 5.41) is 2.95. The lowest BCUT2D eigenvalue weighted by Crippen LogP contribution is -2.37. The van der Waals surface area contributed by atoms with E-state index in [9.17, 15) is 0 Å². The number of nitrogen functional groups attached to an aromatic ring is 1. The molecule has 1 aromatic rings. The van der Waals surface area contributed by atoms with Crippen LogP contribution >= 0.6 is 11.3 Å². The summed E-state index contributed by atoms with van der Waals surface area (Å²) in [6.45, 7) is 5.09. The van der Waals surface area contributed by atoms with E-state index in [0.717, 1.165) is 44.1 Å². The third kappa shape index (κ3) is 2.86. The van der Waals surface area contributed by atoms with Crippen molar-refractivity contribution in [2.24, 2.45) is 0 Å². The molecule has 0 bridgehead atoms. The maximum atomic E-state index is 5.75. The molecule has 16 heavy (non-hydrogen) atoms. The van der Waals surface area contributed by atoms with E-state index in [-0.39, 0.29) is 0 Å². The lowest BCUT2D eigenvalue weighted by Gasteiger charge is -2.31. The molecule has 2 rings (SSSR count). The average molecular weight is 241 g/mol. The van der Waals surface area contributed by atoms with E-state index >= 15 is 0 Å². The molecule has 0 spiro atoms. The van der Waals surface area contributed by atoms with Gasteiger partial charge in [-0.25, -0.2) is 4.98 Å². The maximum Gasteiger partial charge on any atom is 0.187 e. The summed E-state index contributed by atoms with van der Waals surface area (Å²) in [6.07, 6.45) is 3.73. The number of hydrogen-bond acceptors (Lipinski definition) is 5. The van der Waals surface area contributed by atoms with Crippen LogP contribution in [0.3, 0.4) is 0 Å². The number of hydrogen-bond donors (Lipinski definition) is 1. The summed E-state index contributed by atoms with van der Waals surface area (Å²) in [7, 11) is 0. The van der Waals surface area contributed by atoms with Crippen molar-refractivity contribution in [3.8, 4) is 0 Å². The van der Waals surface area contributed by atoms with Crippen molar-refractivity contribution < 1.29 is 4.74 Å². The summed E-state index contributed by atoms with van der Waals surface area (Å²) in [6, 6.07) is 0. The highest BCUT2D eigenvalue weighted by Gasteiger charge is 2.21. The van der Waals surface area contributed by atoms with Crippen LogP contribution in [0.4, 0.5) is 10.9 Å². The number of thiazole rings is 1. The van der Waals surface area contributed by atoms with Gasteiger partial charge >= 0.3 is 0 Å². The third-order valence-corrected chi connectivity index (χ3v) is 3.70. The molecule has 0 amide bonds. The molecule has 0 saturated carbocycles. The molecule has 1 aliphatic heterocycles. The first-order chi connectivity index (χ1) is 7.79. The van der Waals surface area contributed by atoms with Gasteiger partial charge in [0.15, 0.2) is 5.13 Å². The van der Waals surface area contributed by atoms with Gasteiger partial charge in [0.05, 0.1) is 6.10 Å². The Morgan fingerprint density at radius 2 is 2.31 bits per heavy atom. The highest BCUT2D eigenvalue weighted by Crippen LogP contribution is 2.25. The summed E-state index contributed by atoms with van der Waals surface area (Å²) in [5.74, 6) is 0.629. The van der Waals surface area contributed by atoms with Crippen molar-refractivity contribution >= 4 is 22.3 Å². The molecule has 0 radical (unpaired) electrons. The van der Waals surface area contributed by atoms with E-state index < -0.39 is 0 Å². The number of ether oxygens (including phenoxy) is 1. The number of rotatable bonds is 4. The SMILES string of the molecule is CCCOC1CCN(c2nc(N)cs2)CC1. The van der Waals surface area contributed by atoms with Crippen molar-refractivity contribution in [3.05, 3.63) is 5.38 Å². The minimum Gasteiger partial charge on any atom is -0.383 e. The number of piperidine rings is 1. The Balaban J connectivity index is 1.81. The zero-order valence-electron chi connectivity index (χ0n) is 9.69. The summed E-state index contributed by atoms with van der Waals surface area (Å²) >= 11 is 1.62. The monoisotopic (exact) mass is 241 g/mol. The van der Waals surface area contributed by atoms with Crippen LogP contribution in [0.5, 0.6) is 0 Å². The van der Waals surface area contributed by atoms with Crippen molar-refractivity contribution in [1.29, 1.82) is 0 Å². The Bertz CT molecular complexity index is 321. The Labute approximate surface area is 100 Å². The van der Waals surface area contributed by atoms with Crippen molar-refractivity contribution in [1.82, 2.24) is 4.98 Å². The Hall–Kier alpha value is -0.810. The van der Waals surface area contributed by atoms with Crippen LogP contribution in [0.15, 0.2) is 5.38 Å². The lowest BCUT2D eigenvalue weighted by molar-refractivity contribution is 0.0375. The van der Waals surface area contributed by atoms with Crippen LogP contribution in [0, 0.1) is 0 Å². The molecule has 1 saturated heterocycles. The molecular formula is C11H19N3OS. The minimum absolute atomic E-state index is 0.438. The molecule has 90 valence electrons. The van der Waals surface area contributed by atoms with E-state index in [4.69, 9.17) is 10.5 Å². The smallest absolute Gasteiger partial charge is 0.187 e. The largest absolute Gasteiger partial charge is 0.383 e. The van der Waals surface area contributed by atoms with Crippen molar-refractivity contribution in [3.63, 3.8) is 0 Å². The molecule has 1 fully saturated rings. The van der Waals surface area contributed by atoms with Crippen LogP contribution in [-0.4, -0.2) is 30.8 Å². The van der Waals surface area contributed by atoms with Crippen molar-refractivity contribution in [2.45, 2.75) is 32.3 Å². The Morgan fingerprint density at radius 1 is 1.56 bits per heavy atom. The van der Waals surface area contributed by atoms with E-state index in [0.29, 0.717) is 11.9 Å². The molecule has 2 N–H and O–H groups in total. The van der Waals surface area contributed by atoms with Gasteiger partial charge in [0.1, 0.15) is 5.82 Å². The van der Waals surface area contributed by atoms with Gasteiger partial charge in [-0.1, -0.05) is 6.92 Å². The van der Waals surface area contributed by atoms with Gasteiger partial charge in [-0.3, -0.25) is 0 Å². The van der Waals surface area contributed by atoms with E-state index in [1.54, 1.807) is 11.3 Å². The molecule has 2 heterocycles. The van der Waals surface area contributed by atoms with Gasteiger partial charge in [-0.15, -0.1) is 11.3 Å². The Kier molecular flexibility index (Phi) is 4.01. The van der Waals surface area contributed by atoms with Crippen molar-refractivity contribution in [2.75, 3.05) is 30.3 Å². The fraction of sp³-hybridized carbons (Fsp3) is 0.727. The third-order valence-electron chi connectivity index (χ3n) is 2.78. The lowest BCUT2D eigenvalue weighted by atomic mass is 10.1. The number of nitrogens with two attached hydrogens (primary N) is 1. The topological polar surface area (TPSA) is 51.4 Å². The Morgan fingerprint density at radius 3 is 2.88 bits per heavy atom. The molecule has 0 aromatic carbocycles. The number of nitrogens with zero attached hydrogens (tertiary/aromatic N) is 2. The fourth-order valence-electron chi connectivity index (χ4n) is 1.92. The predicted molar refractivity (Wildman–Crippen MR) is 68.0 cm³/mol. The molecule has 4 nitrogen and oxygen atoms in total. The van der Waals surface area contributed by atoms with Gasteiger partial charge in [-0.2, -0.15) is 0 Å². The van der Waals surface area contributed by atoms with E-state index in [2.05, 4.69) is 16.8 Å². The fourth-order valence-corrected chi connectivity index (χ4v) is 2.69. The summed E-state index contributed by atoms with van der Waals surface area (Å²) in [4.78, 5) is 6.60. The standard InChI is InChI=1S/C11H19N3OS/c1-2-7-15-9-3-5-14(6-4-9)11-13-10(12)8-16-11/h8-9H,2-7,12H2,1H3. The van der Waals surface area contributed by atoms with Crippen LogP contribution in [0.1, 0.15) is 26.2 Å². The first kappa shape index (κ1) is 11.7. The normalized spacial score (nSPS) is 17.9. The molecule has 5 heteroatoms. The molecule has 0 unspecified atom stereocenters. The molecular weight excluding hydrogens is 222 g/mol. The minimum atomic E-state index is 0.438. The number of anilines is 2. The van der Waals surface area contributed by atoms with Crippen LogP contribution in [0.25, 0.3) is 0 Å². The van der Waals surface area contributed by atoms with E-state index in [1.807, 2.05) is 5.38 Å². The number of aromatic nitrogens is 1. The second-order valence-corrected chi connectivity index (χ2v) is 4.95. The summed E-state index contributed by atoms with van der Waals surface area (Å²) in [5.41, 5.74) is 5.63. The highest BCUT2D eigenvalue weighted by atomic mass is 32.1. The predicted octanol–water partition coefficient (Wildman–Crippen LogP) is 2.12. The average Bonchev–Trinajstić information content (AvgIpc) is 2.74. The summed E-state index contributed by atoms with van der Waals surface area (Å²) < 4.78 is 5.75. The maximum absolute atomic E-state index is 5.75. The second kappa shape index (κ2) is 5.50. The first-order valence-electron chi connectivity index (χ1n) is 5.87. The first-order valence-corrected chi connectivity index (χ1v) is 6.75. The molecule has 0 atom stereocenters. The van der Waals surface area contributed by atoms with Gasteiger partial charge in [0.2, 0.25) is 0 Å². The van der Waals surface area contributed by atoms with E-state index in [1.165, 1.54) is 0 Å². The van der Waals surface area contributed by atoms with Gasteiger partial charge < -0.3 is 15.4 Å². The zero-order chi connectivity index (χ0) is 11.4. The quantitative estimate of drug-likeness (QED) is 0.877. The second-order valence-electron chi connectivity index (χ2n) is 4.11. The highest BCUT2D eigenvalue weighted by molar-refractivity contribution is 7.14. The molecule has 1 aliphatic rings. The molecule has 0 aliphatic carbocycles. The van der Waals surface area contributed by atoms with Crippen LogP contribution in [-0.2, 0) is 4.74 Å². The van der Waals surface area contributed by atoms with Gasteiger partial charge in [0, 0.05) is 25.1 Å².